The number of hydrogen-bond donors (Lipinski definition) is 2. The molecule has 2 unspecified atom stereocenters. The standard InChI is InChI=1S/C40H33N3O9/c1-41-38(48)42(20-28(45)23-51-36(46)34-30-14-6-2-10-24(30)18-25-11-3-7-15-31(25)34)40(50)43(39(41)49)21-29(22-44)52-37(47)35-32-16-8-4-12-26(32)19-27-13-5-9-17-33(27)35/h2-19,28-29,44-45H,20-23H2,1H3. The number of carbonyl (C=O) groups is 2. The molecule has 1 aromatic heterocycles. The Bertz CT molecular complexity index is 2600. The number of rotatable bonds is 10. The summed E-state index contributed by atoms with van der Waals surface area (Å²) in [5, 5.41) is 26.9. The smallest absolute Gasteiger partial charge is 0.339 e. The molecule has 0 amide bonds. The summed E-state index contributed by atoms with van der Waals surface area (Å²) in [5.41, 5.74) is -2.57. The molecule has 0 aliphatic rings. The van der Waals surface area contributed by atoms with Crippen LogP contribution >= 0.6 is 0 Å². The molecule has 0 fully saturated rings. The van der Waals surface area contributed by atoms with E-state index >= 15 is 0 Å². The Hall–Kier alpha value is -6.37. The molecule has 7 rings (SSSR count). The summed E-state index contributed by atoms with van der Waals surface area (Å²) in [6.45, 7) is -2.53. The maximum Gasteiger partial charge on any atom is 0.339 e. The van der Waals surface area contributed by atoms with E-state index < -0.39 is 67.5 Å². The van der Waals surface area contributed by atoms with Crippen LogP contribution in [0.1, 0.15) is 20.7 Å². The Morgan fingerprint density at radius 2 is 1.02 bits per heavy atom. The average Bonchev–Trinajstić information content (AvgIpc) is 3.16. The summed E-state index contributed by atoms with van der Waals surface area (Å²) in [6.07, 6.45) is -2.88. The third-order valence-corrected chi connectivity index (χ3v) is 9.11. The molecule has 6 aromatic carbocycles. The van der Waals surface area contributed by atoms with Crippen molar-refractivity contribution >= 4 is 55.0 Å². The number of carbonyl (C=O) groups excluding carboxylic acids is 2. The largest absolute Gasteiger partial charge is 0.459 e. The van der Waals surface area contributed by atoms with Gasteiger partial charge in [-0.25, -0.2) is 37.7 Å². The van der Waals surface area contributed by atoms with Crippen molar-refractivity contribution in [2.24, 2.45) is 7.05 Å². The van der Waals surface area contributed by atoms with Crippen LogP contribution in [0.2, 0.25) is 0 Å². The highest BCUT2D eigenvalue weighted by Crippen LogP contribution is 2.30. The van der Waals surface area contributed by atoms with Gasteiger partial charge in [-0.05, 0) is 55.2 Å². The lowest BCUT2D eigenvalue weighted by molar-refractivity contribution is 0.00745. The second-order valence-electron chi connectivity index (χ2n) is 12.5. The first-order chi connectivity index (χ1) is 25.2. The zero-order valence-electron chi connectivity index (χ0n) is 28.0. The van der Waals surface area contributed by atoms with E-state index in [9.17, 15) is 34.2 Å². The van der Waals surface area contributed by atoms with Crippen molar-refractivity contribution in [3.63, 3.8) is 0 Å². The third-order valence-electron chi connectivity index (χ3n) is 9.11. The number of ether oxygens (including phenoxy) is 2. The number of aromatic nitrogens is 3. The Kier molecular flexibility index (Phi) is 9.24. The molecule has 0 radical (unpaired) electrons. The predicted octanol–water partition coefficient (Wildman–Crippen LogP) is 3.76. The summed E-state index contributed by atoms with van der Waals surface area (Å²) in [5.74, 6) is -1.48. The van der Waals surface area contributed by atoms with Gasteiger partial charge in [0, 0.05) is 7.05 Å². The lowest BCUT2D eigenvalue weighted by atomic mass is 9.97. The molecule has 2 atom stereocenters. The third kappa shape index (κ3) is 6.25. The highest BCUT2D eigenvalue weighted by molar-refractivity contribution is 6.17. The fourth-order valence-electron chi connectivity index (χ4n) is 6.59. The Morgan fingerprint density at radius 1 is 0.615 bits per heavy atom. The number of benzene rings is 6. The summed E-state index contributed by atoms with van der Waals surface area (Å²) in [6, 6.07) is 33.1. The minimum Gasteiger partial charge on any atom is -0.459 e. The first kappa shape index (κ1) is 34.1. The summed E-state index contributed by atoms with van der Waals surface area (Å²) >= 11 is 0. The van der Waals surface area contributed by atoms with Crippen molar-refractivity contribution in [3.05, 3.63) is 152 Å². The van der Waals surface area contributed by atoms with Crippen LogP contribution in [0.4, 0.5) is 0 Å². The van der Waals surface area contributed by atoms with Crippen molar-refractivity contribution in [1.29, 1.82) is 0 Å². The molecule has 1 heterocycles. The predicted molar refractivity (Wildman–Crippen MR) is 196 cm³/mol. The minimum atomic E-state index is -1.52. The lowest BCUT2D eigenvalue weighted by Crippen LogP contribution is -2.56. The van der Waals surface area contributed by atoms with Gasteiger partial charge in [-0.2, -0.15) is 0 Å². The monoisotopic (exact) mass is 699 g/mol. The molecular formula is C40H33N3O9. The van der Waals surface area contributed by atoms with Crippen molar-refractivity contribution in [1.82, 2.24) is 13.7 Å². The molecule has 0 aliphatic carbocycles. The average molecular weight is 700 g/mol. The molecule has 12 heteroatoms. The molecule has 0 aliphatic heterocycles. The van der Waals surface area contributed by atoms with Crippen molar-refractivity contribution in [3.8, 4) is 0 Å². The molecule has 7 aromatic rings. The highest BCUT2D eigenvalue weighted by atomic mass is 16.6. The van der Waals surface area contributed by atoms with E-state index in [1.54, 1.807) is 48.5 Å². The molecule has 0 saturated heterocycles. The zero-order chi connectivity index (χ0) is 36.5. The van der Waals surface area contributed by atoms with Gasteiger partial charge in [0.2, 0.25) is 0 Å². The van der Waals surface area contributed by atoms with E-state index in [1.807, 2.05) is 60.7 Å². The van der Waals surface area contributed by atoms with Crippen molar-refractivity contribution in [2.45, 2.75) is 25.3 Å². The van der Waals surface area contributed by atoms with Gasteiger partial charge in [0.25, 0.3) is 0 Å². The van der Waals surface area contributed by atoms with Crippen LogP contribution in [0.25, 0.3) is 43.1 Å². The van der Waals surface area contributed by atoms with Crippen LogP contribution in [0.5, 0.6) is 0 Å². The van der Waals surface area contributed by atoms with Gasteiger partial charge >= 0.3 is 29.0 Å². The van der Waals surface area contributed by atoms with E-state index in [1.165, 1.54) is 0 Å². The van der Waals surface area contributed by atoms with Gasteiger partial charge in [-0.15, -0.1) is 0 Å². The van der Waals surface area contributed by atoms with Crippen LogP contribution in [-0.2, 0) is 29.6 Å². The second kappa shape index (κ2) is 14.1. The van der Waals surface area contributed by atoms with E-state index in [2.05, 4.69) is 0 Å². The lowest BCUT2D eigenvalue weighted by Gasteiger charge is -2.20. The minimum absolute atomic E-state index is 0.256. The van der Waals surface area contributed by atoms with Gasteiger partial charge in [0.15, 0.2) is 0 Å². The van der Waals surface area contributed by atoms with E-state index in [0.717, 1.165) is 28.6 Å². The molecular weight excluding hydrogens is 666 g/mol. The zero-order valence-corrected chi connectivity index (χ0v) is 28.0. The molecule has 12 nitrogen and oxygen atoms in total. The molecule has 0 saturated carbocycles. The molecule has 2 N–H and O–H groups in total. The Balaban J connectivity index is 1.12. The quantitative estimate of drug-likeness (QED) is 0.160. The number of fused-ring (bicyclic) bond motifs is 4. The van der Waals surface area contributed by atoms with Gasteiger partial charge < -0.3 is 19.7 Å². The van der Waals surface area contributed by atoms with Crippen LogP contribution in [0.3, 0.4) is 0 Å². The fraction of sp³-hybridized carbons (Fsp3) is 0.175. The van der Waals surface area contributed by atoms with Crippen LogP contribution in [0.15, 0.2) is 124 Å². The van der Waals surface area contributed by atoms with Crippen molar-refractivity contribution < 1.29 is 29.3 Å². The van der Waals surface area contributed by atoms with Gasteiger partial charge in [-0.1, -0.05) is 97.1 Å². The Labute approximate surface area is 294 Å². The van der Waals surface area contributed by atoms with Crippen molar-refractivity contribution in [2.75, 3.05) is 13.2 Å². The highest BCUT2D eigenvalue weighted by Gasteiger charge is 2.25. The van der Waals surface area contributed by atoms with Crippen LogP contribution in [0, 0.1) is 0 Å². The van der Waals surface area contributed by atoms with E-state index in [-0.39, 0.29) is 5.56 Å². The fourth-order valence-corrected chi connectivity index (χ4v) is 6.59. The van der Waals surface area contributed by atoms with E-state index in [0.29, 0.717) is 40.8 Å². The first-order valence-corrected chi connectivity index (χ1v) is 16.5. The van der Waals surface area contributed by atoms with Gasteiger partial charge in [0.05, 0.1) is 30.8 Å². The number of hydrogen-bond acceptors (Lipinski definition) is 9. The maximum atomic E-state index is 13.7. The second-order valence-corrected chi connectivity index (χ2v) is 12.5. The van der Waals surface area contributed by atoms with Gasteiger partial charge in [-0.3, -0.25) is 0 Å². The molecule has 52 heavy (non-hydrogen) atoms. The summed E-state index contributed by atoms with van der Waals surface area (Å²) in [4.78, 5) is 66.9. The number of esters is 2. The number of nitrogens with zero attached hydrogens (tertiary/aromatic N) is 3. The van der Waals surface area contributed by atoms with Crippen LogP contribution in [-0.4, -0.2) is 61.3 Å². The number of aliphatic hydroxyl groups excluding tert-OH is 2. The number of aliphatic hydroxyl groups is 2. The maximum absolute atomic E-state index is 13.7. The van der Waals surface area contributed by atoms with E-state index in [4.69, 9.17) is 9.47 Å². The van der Waals surface area contributed by atoms with Crippen LogP contribution < -0.4 is 17.1 Å². The summed E-state index contributed by atoms with van der Waals surface area (Å²) < 4.78 is 13.1. The summed E-state index contributed by atoms with van der Waals surface area (Å²) in [7, 11) is 1.15. The van der Waals surface area contributed by atoms with Gasteiger partial charge in [0.1, 0.15) is 18.8 Å². The first-order valence-electron chi connectivity index (χ1n) is 16.5. The molecule has 0 spiro atoms. The molecule has 0 bridgehead atoms. The molecule has 262 valence electrons. The SMILES string of the molecule is Cn1c(=O)n(CC(O)COC(=O)c2c3ccccc3cc3ccccc23)c(=O)n(CC(CO)OC(=O)c2c3ccccc3cc3ccccc23)c1=O. The normalized spacial score (nSPS) is 12.7. The topological polar surface area (TPSA) is 159 Å². The Morgan fingerprint density at radius 3 is 1.46 bits per heavy atom.